The molecule has 5 nitrogen and oxygen atoms in total. The van der Waals surface area contributed by atoms with E-state index in [9.17, 15) is 14.0 Å². The second-order valence-electron chi connectivity index (χ2n) is 4.93. The Morgan fingerprint density at radius 3 is 2.42 bits per heavy atom. The number of para-hydroxylation sites is 1. The first-order chi connectivity index (χ1) is 11.5. The number of hydrogen-bond acceptors (Lipinski definition) is 4. The molecule has 2 aromatic carbocycles. The average molecular weight is 331 g/mol. The van der Waals surface area contributed by atoms with Crippen molar-refractivity contribution in [2.45, 2.75) is 6.92 Å². The maximum atomic E-state index is 12.9. The number of carbonyl (C=O) groups excluding carboxylic acids is 2. The highest BCUT2D eigenvalue weighted by Crippen LogP contribution is 2.19. The molecule has 0 aliphatic rings. The van der Waals surface area contributed by atoms with Crippen LogP contribution in [-0.2, 0) is 9.53 Å². The van der Waals surface area contributed by atoms with Crippen molar-refractivity contribution < 1.29 is 23.5 Å². The number of ether oxygens (including phenoxy) is 2. The van der Waals surface area contributed by atoms with Crippen molar-refractivity contribution in [1.29, 1.82) is 0 Å². The summed E-state index contributed by atoms with van der Waals surface area (Å²) in [5.41, 5.74) is 0.767. The van der Waals surface area contributed by atoms with Gasteiger partial charge in [-0.15, -0.1) is 0 Å². The molecule has 126 valence electrons. The largest absolute Gasteiger partial charge is 0.493 e. The maximum absolute atomic E-state index is 12.9. The first kappa shape index (κ1) is 17.5. The second-order valence-corrected chi connectivity index (χ2v) is 4.93. The highest BCUT2D eigenvalue weighted by Gasteiger charge is 2.17. The molecule has 0 aromatic heterocycles. The summed E-state index contributed by atoms with van der Waals surface area (Å²) in [6.45, 7) is 1.80. The molecular weight excluding hydrogens is 313 g/mol. The number of amides is 1. The molecule has 0 N–H and O–H groups in total. The van der Waals surface area contributed by atoms with Gasteiger partial charge in [-0.05, 0) is 43.3 Å². The van der Waals surface area contributed by atoms with E-state index < -0.39 is 24.3 Å². The number of nitrogens with zero attached hydrogens (tertiary/aromatic N) is 1. The highest BCUT2D eigenvalue weighted by molar-refractivity contribution is 5.97. The smallest absolute Gasteiger partial charge is 0.342 e. The summed E-state index contributed by atoms with van der Waals surface area (Å²) >= 11 is 0. The second kappa shape index (κ2) is 8.10. The average Bonchev–Trinajstić information content (AvgIpc) is 2.60. The van der Waals surface area contributed by atoms with E-state index in [0.717, 1.165) is 0 Å². The monoisotopic (exact) mass is 331 g/mol. The van der Waals surface area contributed by atoms with Crippen molar-refractivity contribution >= 4 is 17.6 Å². The third-order valence-electron chi connectivity index (χ3n) is 3.32. The fraction of sp³-hybridized carbons (Fsp3) is 0.222. The molecule has 2 aromatic rings. The number of benzene rings is 2. The van der Waals surface area contributed by atoms with Crippen LogP contribution in [0.1, 0.15) is 17.3 Å². The summed E-state index contributed by atoms with van der Waals surface area (Å²) in [5, 5.41) is 0. The lowest BCUT2D eigenvalue weighted by molar-refractivity contribution is -0.121. The Kier molecular flexibility index (Phi) is 5.89. The Morgan fingerprint density at radius 1 is 1.08 bits per heavy atom. The minimum atomic E-state index is -0.639. The molecule has 0 spiro atoms. The Hall–Kier alpha value is -2.89. The van der Waals surface area contributed by atoms with Crippen LogP contribution in [0, 0.1) is 5.82 Å². The molecule has 0 radical (unpaired) electrons. The van der Waals surface area contributed by atoms with E-state index >= 15 is 0 Å². The van der Waals surface area contributed by atoms with Crippen LogP contribution < -0.4 is 9.64 Å². The van der Waals surface area contributed by atoms with Crippen molar-refractivity contribution in [3.05, 3.63) is 59.9 Å². The Labute approximate surface area is 139 Å². The number of likely N-dealkylation sites (N-methyl/N-ethyl adjacent to an activating group) is 1. The van der Waals surface area contributed by atoms with Gasteiger partial charge < -0.3 is 14.4 Å². The predicted molar refractivity (Wildman–Crippen MR) is 87.7 cm³/mol. The summed E-state index contributed by atoms with van der Waals surface area (Å²) in [7, 11) is 1.53. The zero-order valence-corrected chi connectivity index (χ0v) is 13.5. The molecule has 1 amide bonds. The van der Waals surface area contributed by atoms with Crippen molar-refractivity contribution in [2.24, 2.45) is 0 Å². The van der Waals surface area contributed by atoms with Gasteiger partial charge in [0.05, 0.1) is 6.61 Å². The lowest BCUT2D eigenvalue weighted by atomic mass is 10.2. The molecule has 0 bridgehead atoms. The van der Waals surface area contributed by atoms with E-state index in [2.05, 4.69) is 0 Å². The van der Waals surface area contributed by atoms with Gasteiger partial charge in [-0.1, -0.05) is 12.1 Å². The zero-order valence-electron chi connectivity index (χ0n) is 13.5. The standard InChI is InChI=1S/C18H18FNO4/c1-3-23-16-7-5-4-6-15(16)18(22)24-12-17(21)20(2)14-10-8-13(19)9-11-14/h4-11H,3,12H2,1-2H3. The van der Waals surface area contributed by atoms with Crippen LogP contribution in [0.5, 0.6) is 5.75 Å². The van der Waals surface area contributed by atoms with Crippen LogP contribution in [0.25, 0.3) is 0 Å². The van der Waals surface area contributed by atoms with E-state index in [1.165, 1.54) is 36.2 Å². The topological polar surface area (TPSA) is 55.8 Å². The summed E-state index contributed by atoms with van der Waals surface area (Å²) < 4.78 is 23.3. The van der Waals surface area contributed by atoms with E-state index in [-0.39, 0.29) is 5.56 Å². The zero-order chi connectivity index (χ0) is 17.5. The molecule has 0 aliphatic carbocycles. The first-order valence-corrected chi connectivity index (χ1v) is 7.44. The van der Waals surface area contributed by atoms with Gasteiger partial charge in [-0.25, -0.2) is 9.18 Å². The third kappa shape index (κ3) is 4.32. The van der Waals surface area contributed by atoms with Crippen LogP contribution in [0.2, 0.25) is 0 Å². The molecular formula is C18H18FNO4. The number of anilines is 1. The fourth-order valence-corrected chi connectivity index (χ4v) is 2.03. The molecule has 0 saturated heterocycles. The number of halogens is 1. The quantitative estimate of drug-likeness (QED) is 0.764. The number of rotatable bonds is 6. The van der Waals surface area contributed by atoms with Crippen molar-refractivity contribution in [3.63, 3.8) is 0 Å². The fourth-order valence-electron chi connectivity index (χ4n) is 2.03. The highest BCUT2D eigenvalue weighted by atomic mass is 19.1. The predicted octanol–water partition coefficient (Wildman–Crippen LogP) is 3.04. The van der Waals surface area contributed by atoms with Crippen LogP contribution >= 0.6 is 0 Å². The Bertz CT molecular complexity index is 715. The third-order valence-corrected chi connectivity index (χ3v) is 3.32. The van der Waals surface area contributed by atoms with Crippen molar-refractivity contribution in [1.82, 2.24) is 0 Å². The van der Waals surface area contributed by atoms with E-state index in [1.807, 2.05) is 6.92 Å². The molecule has 24 heavy (non-hydrogen) atoms. The Morgan fingerprint density at radius 2 is 1.75 bits per heavy atom. The SMILES string of the molecule is CCOc1ccccc1C(=O)OCC(=O)N(C)c1ccc(F)cc1. The normalized spacial score (nSPS) is 10.1. The minimum absolute atomic E-state index is 0.261. The van der Waals surface area contributed by atoms with E-state index in [1.54, 1.807) is 24.3 Å². The van der Waals surface area contributed by atoms with Gasteiger partial charge >= 0.3 is 5.97 Å². The molecule has 0 aliphatic heterocycles. The van der Waals surface area contributed by atoms with Gasteiger partial charge in [-0.3, -0.25) is 4.79 Å². The minimum Gasteiger partial charge on any atom is -0.493 e. The van der Waals surface area contributed by atoms with Gasteiger partial charge in [0.15, 0.2) is 6.61 Å². The number of hydrogen-bond donors (Lipinski definition) is 0. The lowest BCUT2D eigenvalue weighted by Crippen LogP contribution is -2.31. The van der Waals surface area contributed by atoms with Gasteiger partial charge in [0.1, 0.15) is 17.1 Å². The first-order valence-electron chi connectivity index (χ1n) is 7.44. The number of carbonyl (C=O) groups is 2. The summed E-state index contributed by atoms with van der Waals surface area (Å²) in [6, 6.07) is 12.1. The molecule has 0 heterocycles. The molecule has 0 atom stereocenters. The molecule has 0 unspecified atom stereocenters. The maximum Gasteiger partial charge on any atom is 0.342 e. The molecule has 0 saturated carbocycles. The van der Waals surface area contributed by atoms with Crippen molar-refractivity contribution in [2.75, 3.05) is 25.2 Å². The van der Waals surface area contributed by atoms with Gasteiger partial charge in [0.2, 0.25) is 0 Å². The van der Waals surface area contributed by atoms with Gasteiger partial charge in [-0.2, -0.15) is 0 Å². The lowest BCUT2D eigenvalue weighted by Gasteiger charge is -2.17. The van der Waals surface area contributed by atoms with E-state index in [0.29, 0.717) is 18.0 Å². The van der Waals surface area contributed by atoms with E-state index in [4.69, 9.17) is 9.47 Å². The van der Waals surface area contributed by atoms with Crippen LogP contribution in [-0.4, -0.2) is 32.1 Å². The Balaban J connectivity index is 1.98. The summed E-state index contributed by atoms with van der Waals surface area (Å²) in [5.74, 6) is -1.05. The van der Waals surface area contributed by atoms with Crippen LogP contribution in [0.15, 0.2) is 48.5 Å². The van der Waals surface area contributed by atoms with Crippen LogP contribution in [0.3, 0.4) is 0 Å². The van der Waals surface area contributed by atoms with Gasteiger partial charge in [0.25, 0.3) is 5.91 Å². The van der Waals surface area contributed by atoms with Gasteiger partial charge in [0, 0.05) is 12.7 Å². The van der Waals surface area contributed by atoms with Crippen LogP contribution in [0.4, 0.5) is 10.1 Å². The summed E-state index contributed by atoms with van der Waals surface area (Å²) in [6.07, 6.45) is 0. The molecule has 6 heteroatoms. The summed E-state index contributed by atoms with van der Waals surface area (Å²) in [4.78, 5) is 25.5. The number of esters is 1. The van der Waals surface area contributed by atoms with Crippen molar-refractivity contribution in [3.8, 4) is 5.75 Å². The molecule has 0 fully saturated rings. The molecule has 2 rings (SSSR count).